The van der Waals surface area contributed by atoms with Crippen molar-refractivity contribution in [1.29, 1.82) is 0 Å². The molecule has 0 saturated carbocycles. The van der Waals surface area contributed by atoms with Gasteiger partial charge in [-0.1, -0.05) is 24.6 Å². The fourth-order valence-corrected chi connectivity index (χ4v) is 2.73. The third-order valence-electron chi connectivity index (χ3n) is 3.67. The number of likely N-dealkylation sites (N-methyl/N-ethyl adjacent to an activating group) is 1. The van der Waals surface area contributed by atoms with E-state index in [9.17, 15) is 0 Å². The summed E-state index contributed by atoms with van der Waals surface area (Å²) in [6.07, 6.45) is 4.34. The highest BCUT2D eigenvalue weighted by Crippen LogP contribution is 2.16. The van der Waals surface area contributed by atoms with Crippen LogP contribution in [0.3, 0.4) is 0 Å². The molecule has 100 valence electrons. The van der Waals surface area contributed by atoms with Crippen LogP contribution in [0.4, 0.5) is 0 Å². The van der Waals surface area contributed by atoms with Gasteiger partial charge in [-0.25, -0.2) is 4.98 Å². The van der Waals surface area contributed by atoms with Crippen LogP contribution in [-0.4, -0.2) is 47.5 Å². The zero-order valence-electron chi connectivity index (χ0n) is 11.3. The molecule has 1 saturated heterocycles. The van der Waals surface area contributed by atoms with Gasteiger partial charge in [-0.05, 0) is 38.1 Å². The van der Waals surface area contributed by atoms with Gasteiger partial charge in [-0.2, -0.15) is 0 Å². The minimum atomic E-state index is 0.571. The Morgan fingerprint density at radius 3 is 2.89 bits per heavy atom. The molecule has 0 aliphatic carbocycles. The SMILES string of the molecule is CCC1CN(C)CCCN1Cc1ccc(Cl)nc1. The lowest BCUT2D eigenvalue weighted by Gasteiger charge is -2.30. The molecule has 4 heteroatoms. The first-order chi connectivity index (χ1) is 8.69. The van der Waals surface area contributed by atoms with Gasteiger partial charge in [-0.15, -0.1) is 0 Å². The van der Waals surface area contributed by atoms with Crippen LogP contribution in [0.25, 0.3) is 0 Å². The highest BCUT2D eigenvalue weighted by Gasteiger charge is 2.21. The van der Waals surface area contributed by atoms with Crippen molar-refractivity contribution < 1.29 is 0 Å². The minimum absolute atomic E-state index is 0.571. The third-order valence-corrected chi connectivity index (χ3v) is 3.89. The van der Waals surface area contributed by atoms with Crippen LogP contribution in [0.5, 0.6) is 0 Å². The average Bonchev–Trinajstić information content (AvgIpc) is 2.54. The maximum absolute atomic E-state index is 5.82. The first-order valence-electron chi connectivity index (χ1n) is 6.72. The normalized spacial score (nSPS) is 22.9. The van der Waals surface area contributed by atoms with Crippen molar-refractivity contribution in [1.82, 2.24) is 14.8 Å². The number of pyridine rings is 1. The lowest BCUT2D eigenvalue weighted by atomic mass is 10.1. The highest BCUT2D eigenvalue weighted by atomic mass is 35.5. The summed E-state index contributed by atoms with van der Waals surface area (Å²) < 4.78 is 0. The van der Waals surface area contributed by atoms with Crippen LogP contribution in [0, 0.1) is 0 Å². The van der Waals surface area contributed by atoms with Crippen molar-refractivity contribution in [2.24, 2.45) is 0 Å². The molecular formula is C14H22ClN3. The molecule has 2 heterocycles. The molecule has 1 aliphatic rings. The second-order valence-electron chi connectivity index (χ2n) is 5.14. The van der Waals surface area contributed by atoms with Crippen LogP contribution in [0.15, 0.2) is 18.3 Å². The summed E-state index contributed by atoms with van der Waals surface area (Å²) in [6, 6.07) is 4.60. The van der Waals surface area contributed by atoms with Crippen molar-refractivity contribution in [3.8, 4) is 0 Å². The van der Waals surface area contributed by atoms with Gasteiger partial charge in [0.25, 0.3) is 0 Å². The van der Waals surface area contributed by atoms with Gasteiger partial charge < -0.3 is 4.90 Å². The van der Waals surface area contributed by atoms with Crippen LogP contribution < -0.4 is 0 Å². The second-order valence-corrected chi connectivity index (χ2v) is 5.52. The number of aromatic nitrogens is 1. The van der Waals surface area contributed by atoms with E-state index in [1.165, 1.54) is 31.5 Å². The van der Waals surface area contributed by atoms with Gasteiger partial charge in [0.1, 0.15) is 5.15 Å². The Hall–Kier alpha value is -0.640. The molecule has 3 nitrogen and oxygen atoms in total. The maximum Gasteiger partial charge on any atom is 0.129 e. The smallest absolute Gasteiger partial charge is 0.129 e. The number of hydrogen-bond donors (Lipinski definition) is 0. The zero-order chi connectivity index (χ0) is 13.0. The van der Waals surface area contributed by atoms with Crippen molar-refractivity contribution in [2.75, 3.05) is 26.7 Å². The maximum atomic E-state index is 5.82. The van der Waals surface area contributed by atoms with E-state index in [-0.39, 0.29) is 0 Å². The quantitative estimate of drug-likeness (QED) is 0.785. The van der Waals surface area contributed by atoms with Crippen LogP contribution >= 0.6 is 11.6 Å². The third kappa shape index (κ3) is 3.67. The number of hydrogen-bond acceptors (Lipinski definition) is 3. The van der Waals surface area contributed by atoms with Crippen molar-refractivity contribution in [3.05, 3.63) is 29.0 Å². The highest BCUT2D eigenvalue weighted by molar-refractivity contribution is 6.29. The Morgan fingerprint density at radius 1 is 1.39 bits per heavy atom. The van der Waals surface area contributed by atoms with Gasteiger partial charge in [0.05, 0.1) is 0 Å². The topological polar surface area (TPSA) is 19.4 Å². The summed E-state index contributed by atoms with van der Waals surface area (Å²) >= 11 is 5.82. The summed E-state index contributed by atoms with van der Waals surface area (Å²) in [7, 11) is 2.22. The molecule has 1 aromatic heterocycles. The fraction of sp³-hybridized carbons (Fsp3) is 0.643. The molecule has 1 fully saturated rings. The monoisotopic (exact) mass is 267 g/mol. The van der Waals surface area contributed by atoms with Crippen LogP contribution in [0.1, 0.15) is 25.3 Å². The predicted octanol–water partition coefficient (Wildman–Crippen LogP) is 2.65. The summed E-state index contributed by atoms with van der Waals surface area (Å²) in [5.41, 5.74) is 1.25. The van der Waals surface area contributed by atoms with Gasteiger partial charge in [0.2, 0.25) is 0 Å². The zero-order valence-corrected chi connectivity index (χ0v) is 12.0. The van der Waals surface area contributed by atoms with E-state index in [4.69, 9.17) is 11.6 Å². The molecule has 1 atom stereocenters. The van der Waals surface area contributed by atoms with Crippen molar-refractivity contribution in [3.63, 3.8) is 0 Å². The van der Waals surface area contributed by atoms with E-state index < -0.39 is 0 Å². The minimum Gasteiger partial charge on any atom is -0.305 e. The summed E-state index contributed by atoms with van der Waals surface area (Å²) in [5, 5.41) is 0.571. The number of halogens is 1. The molecule has 0 spiro atoms. The number of rotatable bonds is 3. The Morgan fingerprint density at radius 2 is 2.22 bits per heavy atom. The molecule has 2 rings (SSSR count). The van der Waals surface area contributed by atoms with E-state index in [0.29, 0.717) is 11.2 Å². The average molecular weight is 268 g/mol. The van der Waals surface area contributed by atoms with Crippen molar-refractivity contribution >= 4 is 11.6 Å². The number of nitrogens with zero attached hydrogens (tertiary/aromatic N) is 3. The van der Waals surface area contributed by atoms with Gasteiger partial charge in [-0.3, -0.25) is 4.90 Å². The van der Waals surface area contributed by atoms with E-state index in [1.54, 1.807) is 0 Å². The van der Waals surface area contributed by atoms with E-state index in [2.05, 4.69) is 34.8 Å². The summed E-state index contributed by atoms with van der Waals surface area (Å²) in [6.45, 7) is 6.79. The van der Waals surface area contributed by atoms with Crippen LogP contribution in [-0.2, 0) is 6.54 Å². The molecule has 1 unspecified atom stereocenters. The molecule has 1 aromatic rings. The Balaban J connectivity index is 2.03. The van der Waals surface area contributed by atoms with Crippen molar-refractivity contribution in [2.45, 2.75) is 32.4 Å². The molecule has 18 heavy (non-hydrogen) atoms. The Kier molecular flexibility index (Phi) is 4.98. The van der Waals surface area contributed by atoms with Gasteiger partial charge in [0, 0.05) is 31.9 Å². The van der Waals surface area contributed by atoms with Crippen LogP contribution in [0.2, 0.25) is 5.15 Å². The fourth-order valence-electron chi connectivity index (χ4n) is 2.62. The standard InChI is InChI=1S/C14H22ClN3/c1-3-13-11-17(2)7-4-8-18(13)10-12-5-6-14(15)16-9-12/h5-6,9,13H,3-4,7-8,10-11H2,1-2H3. The molecule has 0 bridgehead atoms. The van der Waals surface area contributed by atoms with Gasteiger partial charge >= 0.3 is 0 Å². The predicted molar refractivity (Wildman–Crippen MR) is 75.9 cm³/mol. The van der Waals surface area contributed by atoms with E-state index >= 15 is 0 Å². The first kappa shape index (κ1) is 13.8. The molecule has 0 N–H and O–H groups in total. The summed E-state index contributed by atoms with van der Waals surface area (Å²) in [5.74, 6) is 0. The Labute approximate surface area is 115 Å². The van der Waals surface area contributed by atoms with Gasteiger partial charge in [0.15, 0.2) is 0 Å². The summed E-state index contributed by atoms with van der Waals surface area (Å²) in [4.78, 5) is 9.18. The molecule has 0 aromatic carbocycles. The second kappa shape index (κ2) is 6.50. The lowest BCUT2D eigenvalue weighted by molar-refractivity contribution is 0.176. The first-order valence-corrected chi connectivity index (χ1v) is 7.10. The van der Waals surface area contributed by atoms with E-state index in [0.717, 1.165) is 13.1 Å². The van der Waals surface area contributed by atoms with E-state index in [1.807, 2.05) is 12.3 Å². The molecule has 0 radical (unpaired) electrons. The molecule has 0 amide bonds. The molecule has 1 aliphatic heterocycles. The lowest BCUT2D eigenvalue weighted by Crippen LogP contribution is -2.39. The Bertz CT molecular complexity index is 366. The molecular weight excluding hydrogens is 246 g/mol. The largest absolute Gasteiger partial charge is 0.305 e.